The highest BCUT2D eigenvalue weighted by Crippen LogP contribution is 2.23. The number of hydrogen-bond donors (Lipinski definition) is 2. The van der Waals surface area contributed by atoms with E-state index in [0.717, 1.165) is 0 Å². The van der Waals surface area contributed by atoms with Crippen LogP contribution in [0.5, 0.6) is 0 Å². The van der Waals surface area contributed by atoms with Crippen LogP contribution in [-0.4, -0.2) is 38.7 Å². The van der Waals surface area contributed by atoms with Crippen LogP contribution < -0.4 is 10.6 Å². The van der Waals surface area contributed by atoms with Crippen LogP contribution in [0.1, 0.15) is 13.8 Å². The molecule has 106 valence electrons. The van der Waals surface area contributed by atoms with Crippen molar-refractivity contribution in [1.82, 2.24) is 4.98 Å². The molecule has 1 aromatic heterocycles. The average molecular weight is 286 g/mol. The highest BCUT2D eigenvalue weighted by atomic mass is 32.2. The number of hydrogen-bond acceptors (Lipinski definition) is 6. The number of nitrogens with one attached hydrogen (secondary N) is 2. The standard InChI is InChI=1S/C11H18N4O3S/c1-3-12-10-6-5-9(15(16)17)11(14-10)13-7-8-19(18)4-2/h5-6H,3-4,7-8H2,1-2H3,(H2,12,13,14). The second-order valence-electron chi connectivity index (χ2n) is 3.71. The summed E-state index contributed by atoms with van der Waals surface area (Å²) in [5, 5.41) is 16.8. The molecular weight excluding hydrogens is 268 g/mol. The molecule has 1 rings (SSSR count). The third-order valence-electron chi connectivity index (χ3n) is 2.37. The van der Waals surface area contributed by atoms with Gasteiger partial charge in [-0.15, -0.1) is 0 Å². The van der Waals surface area contributed by atoms with Crippen molar-refractivity contribution < 1.29 is 9.13 Å². The summed E-state index contributed by atoms with van der Waals surface area (Å²) < 4.78 is 11.3. The van der Waals surface area contributed by atoms with E-state index in [1.165, 1.54) is 6.07 Å². The highest BCUT2D eigenvalue weighted by Gasteiger charge is 2.15. The minimum absolute atomic E-state index is 0.0797. The van der Waals surface area contributed by atoms with Crippen molar-refractivity contribution in [3.8, 4) is 0 Å². The molecule has 0 radical (unpaired) electrons. The molecule has 0 aliphatic heterocycles. The molecule has 19 heavy (non-hydrogen) atoms. The minimum atomic E-state index is -0.902. The fourth-order valence-electron chi connectivity index (χ4n) is 1.44. The van der Waals surface area contributed by atoms with Gasteiger partial charge in [-0.2, -0.15) is 0 Å². The Balaban J connectivity index is 2.79. The molecule has 7 nitrogen and oxygen atoms in total. The number of pyridine rings is 1. The summed E-state index contributed by atoms with van der Waals surface area (Å²) in [5.41, 5.74) is -0.0797. The zero-order valence-electron chi connectivity index (χ0n) is 11.0. The Morgan fingerprint density at radius 1 is 1.37 bits per heavy atom. The van der Waals surface area contributed by atoms with E-state index >= 15 is 0 Å². The average Bonchev–Trinajstić information content (AvgIpc) is 2.38. The lowest BCUT2D eigenvalue weighted by Gasteiger charge is -2.08. The number of nitro groups is 1. The van der Waals surface area contributed by atoms with Gasteiger partial charge in [0.25, 0.3) is 0 Å². The molecule has 0 aliphatic rings. The molecule has 0 aromatic carbocycles. The molecule has 1 atom stereocenters. The van der Waals surface area contributed by atoms with Crippen molar-refractivity contribution in [1.29, 1.82) is 0 Å². The maximum atomic E-state index is 11.3. The number of anilines is 2. The summed E-state index contributed by atoms with van der Waals surface area (Å²) in [6, 6.07) is 2.97. The van der Waals surface area contributed by atoms with Crippen molar-refractivity contribution >= 4 is 28.1 Å². The predicted octanol–water partition coefficient (Wildman–Crippen LogP) is 1.60. The third-order valence-corrected chi connectivity index (χ3v) is 3.68. The lowest BCUT2D eigenvalue weighted by atomic mass is 10.3. The Kier molecular flexibility index (Phi) is 6.20. The molecule has 0 saturated heterocycles. The SMILES string of the molecule is CCNc1ccc([N+](=O)[O-])c(NCCS(=O)CC)n1. The molecule has 0 fully saturated rings. The summed E-state index contributed by atoms with van der Waals surface area (Å²) in [6.45, 7) is 4.83. The van der Waals surface area contributed by atoms with Crippen LogP contribution in [0.2, 0.25) is 0 Å². The Morgan fingerprint density at radius 2 is 2.11 bits per heavy atom. The van der Waals surface area contributed by atoms with E-state index in [1.807, 2.05) is 13.8 Å². The molecule has 0 aliphatic carbocycles. The van der Waals surface area contributed by atoms with Gasteiger partial charge in [0.05, 0.1) is 4.92 Å². The van der Waals surface area contributed by atoms with E-state index in [4.69, 9.17) is 0 Å². The highest BCUT2D eigenvalue weighted by molar-refractivity contribution is 7.84. The second-order valence-corrected chi connectivity index (χ2v) is 5.58. The zero-order chi connectivity index (χ0) is 14.3. The van der Waals surface area contributed by atoms with Gasteiger partial charge < -0.3 is 10.6 Å². The zero-order valence-corrected chi connectivity index (χ0v) is 11.8. The Hall–Kier alpha value is -1.70. The van der Waals surface area contributed by atoms with E-state index in [-0.39, 0.29) is 11.5 Å². The van der Waals surface area contributed by atoms with Crippen LogP contribution in [0.4, 0.5) is 17.3 Å². The lowest BCUT2D eigenvalue weighted by Crippen LogP contribution is -2.14. The van der Waals surface area contributed by atoms with Gasteiger partial charge in [0.2, 0.25) is 5.82 Å². The first-order chi connectivity index (χ1) is 9.08. The van der Waals surface area contributed by atoms with Crippen molar-refractivity contribution in [3.05, 3.63) is 22.2 Å². The fourth-order valence-corrected chi connectivity index (χ4v) is 2.05. The smallest absolute Gasteiger partial charge is 0.311 e. The first-order valence-corrected chi connectivity index (χ1v) is 7.55. The molecule has 0 amide bonds. The van der Waals surface area contributed by atoms with E-state index < -0.39 is 15.7 Å². The molecule has 8 heteroatoms. The number of nitrogens with zero attached hydrogens (tertiary/aromatic N) is 2. The molecule has 2 N–H and O–H groups in total. The summed E-state index contributed by atoms with van der Waals surface area (Å²) in [7, 11) is -0.902. The van der Waals surface area contributed by atoms with Gasteiger partial charge in [0.1, 0.15) is 5.82 Å². The topological polar surface area (TPSA) is 97.2 Å². The lowest BCUT2D eigenvalue weighted by molar-refractivity contribution is -0.384. The summed E-state index contributed by atoms with van der Waals surface area (Å²) in [6.07, 6.45) is 0. The van der Waals surface area contributed by atoms with E-state index in [2.05, 4.69) is 15.6 Å². The van der Waals surface area contributed by atoms with Gasteiger partial charge in [0, 0.05) is 41.5 Å². The van der Waals surface area contributed by atoms with Crippen molar-refractivity contribution in [2.45, 2.75) is 13.8 Å². The summed E-state index contributed by atoms with van der Waals surface area (Å²) in [4.78, 5) is 14.5. The van der Waals surface area contributed by atoms with E-state index in [0.29, 0.717) is 30.4 Å². The van der Waals surface area contributed by atoms with Gasteiger partial charge in [-0.25, -0.2) is 4.98 Å². The van der Waals surface area contributed by atoms with Crippen LogP contribution in [0.25, 0.3) is 0 Å². The molecule has 0 spiro atoms. The fraction of sp³-hybridized carbons (Fsp3) is 0.545. The van der Waals surface area contributed by atoms with Gasteiger partial charge >= 0.3 is 5.69 Å². The number of aromatic nitrogens is 1. The quantitative estimate of drug-likeness (QED) is 0.556. The van der Waals surface area contributed by atoms with Crippen molar-refractivity contribution in [3.63, 3.8) is 0 Å². The molecule has 1 unspecified atom stereocenters. The first kappa shape index (κ1) is 15.4. The van der Waals surface area contributed by atoms with Gasteiger partial charge in [0.15, 0.2) is 0 Å². The van der Waals surface area contributed by atoms with E-state index in [9.17, 15) is 14.3 Å². The Labute approximate surface area is 114 Å². The first-order valence-electron chi connectivity index (χ1n) is 6.06. The van der Waals surface area contributed by atoms with Gasteiger partial charge in [-0.1, -0.05) is 6.92 Å². The predicted molar refractivity (Wildman–Crippen MR) is 77.1 cm³/mol. The molecule has 0 bridgehead atoms. The Bertz CT molecular complexity index is 467. The second kappa shape index (κ2) is 7.67. The maximum Gasteiger partial charge on any atom is 0.311 e. The molecule has 0 saturated carbocycles. The normalized spacial score (nSPS) is 11.9. The minimum Gasteiger partial charge on any atom is -0.370 e. The summed E-state index contributed by atoms with van der Waals surface area (Å²) in [5.74, 6) is 1.80. The van der Waals surface area contributed by atoms with Crippen LogP contribution >= 0.6 is 0 Å². The van der Waals surface area contributed by atoms with Gasteiger partial charge in [-0.3, -0.25) is 14.3 Å². The Morgan fingerprint density at radius 3 is 2.68 bits per heavy atom. The van der Waals surface area contributed by atoms with E-state index in [1.54, 1.807) is 6.07 Å². The summed E-state index contributed by atoms with van der Waals surface area (Å²) >= 11 is 0. The maximum absolute atomic E-state index is 11.3. The number of rotatable bonds is 8. The molecular formula is C11H18N4O3S. The molecule has 1 heterocycles. The van der Waals surface area contributed by atoms with Gasteiger partial charge in [-0.05, 0) is 13.0 Å². The van der Waals surface area contributed by atoms with Crippen LogP contribution in [0.3, 0.4) is 0 Å². The van der Waals surface area contributed by atoms with Crippen molar-refractivity contribution in [2.75, 3.05) is 35.2 Å². The van der Waals surface area contributed by atoms with Crippen molar-refractivity contribution in [2.24, 2.45) is 0 Å². The van der Waals surface area contributed by atoms with Crippen LogP contribution in [0.15, 0.2) is 12.1 Å². The third kappa shape index (κ3) is 4.82. The van der Waals surface area contributed by atoms with Crippen LogP contribution in [-0.2, 0) is 10.8 Å². The van der Waals surface area contributed by atoms with Crippen LogP contribution in [0, 0.1) is 10.1 Å². The monoisotopic (exact) mass is 286 g/mol. The largest absolute Gasteiger partial charge is 0.370 e. The molecule has 1 aromatic rings.